The molecule has 2 N–H and O–H groups in total. The molecule has 1 aromatic carbocycles. The zero-order valence-electron chi connectivity index (χ0n) is 11.9. The Kier molecular flexibility index (Phi) is 3.84. The van der Waals surface area contributed by atoms with E-state index >= 15 is 0 Å². The Morgan fingerprint density at radius 3 is 2.41 bits per heavy atom. The second-order valence-corrected chi connectivity index (χ2v) is 6.25. The van der Waals surface area contributed by atoms with E-state index in [0.717, 1.165) is 0 Å². The molecule has 1 aliphatic heterocycles. The first-order valence-electron chi connectivity index (χ1n) is 6.78. The maximum absolute atomic E-state index is 10.2. The van der Waals surface area contributed by atoms with Crippen molar-refractivity contribution in [3.8, 4) is 6.07 Å². The van der Waals surface area contributed by atoms with Crippen LogP contribution in [0.5, 0.6) is 0 Å². The normalized spacial score (nSPS) is 28.2. The van der Waals surface area contributed by atoms with Gasteiger partial charge in [-0.15, -0.1) is 0 Å². The third-order valence-corrected chi connectivity index (χ3v) is 4.86. The van der Waals surface area contributed by atoms with Gasteiger partial charge < -0.3 is 19.5 Å². The number of nitriles is 1. The van der Waals surface area contributed by atoms with Crippen LogP contribution in [0.15, 0.2) is 12.1 Å². The van der Waals surface area contributed by atoms with Gasteiger partial charge in [-0.3, -0.25) is 0 Å². The van der Waals surface area contributed by atoms with Gasteiger partial charge in [0.15, 0.2) is 6.23 Å². The number of aliphatic hydroxyl groups excluding tert-OH is 2. The lowest BCUT2D eigenvalue weighted by atomic mass is 10.1. The molecule has 0 radical (unpaired) electrons. The van der Waals surface area contributed by atoms with Gasteiger partial charge in [0.05, 0.1) is 27.2 Å². The highest BCUT2D eigenvalue weighted by atomic mass is 35.5. The highest BCUT2D eigenvalue weighted by Crippen LogP contribution is 2.38. The summed E-state index contributed by atoms with van der Waals surface area (Å²) in [5.74, 6) is 0. The molecular formula is C15H14Cl2N2O3. The van der Waals surface area contributed by atoms with Gasteiger partial charge in [0.25, 0.3) is 0 Å². The van der Waals surface area contributed by atoms with Crippen LogP contribution in [-0.2, 0) is 4.74 Å². The number of rotatable bonds is 1. The summed E-state index contributed by atoms with van der Waals surface area (Å²) in [6.45, 7) is 3.44. The number of nitrogens with zero attached hydrogens (tertiary/aromatic N) is 2. The Bertz CT molecular complexity index is 796. The molecule has 0 spiro atoms. The minimum absolute atomic E-state index is 0.346. The predicted molar refractivity (Wildman–Crippen MR) is 83.0 cm³/mol. The lowest BCUT2D eigenvalue weighted by molar-refractivity contribution is -0.0303. The van der Waals surface area contributed by atoms with E-state index in [1.165, 1.54) is 0 Å². The van der Waals surface area contributed by atoms with Gasteiger partial charge in [-0.2, -0.15) is 5.26 Å². The van der Waals surface area contributed by atoms with E-state index < -0.39 is 24.5 Å². The zero-order chi connectivity index (χ0) is 16.2. The van der Waals surface area contributed by atoms with Crippen LogP contribution in [0.1, 0.15) is 24.4 Å². The molecule has 2 heterocycles. The van der Waals surface area contributed by atoms with E-state index in [0.29, 0.717) is 32.2 Å². The Balaban J connectivity index is 2.29. The molecule has 0 bridgehead atoms. The Labute approximate surface area is 137 Å². The minimum Gasteiger partial charge on any atom is -0.388 e. The first-order chi connectivity index (χ1) is 10.4. The second kappa shape index (κ2) is 5.41. The predicted octanol–water partition coefficient (Wildman–Crippen LogP) is 2.77. The first kappa shape index (κ1) is 15.6. The van der Waals surface area contributed by atoms with E-state index in [-0.39, 0.29) is 0 Å². The fourth-order valence-electron chi connectivity index (χ4n) is 2.94. The topological polar surface area (TPSA) is 78.4 Å². The van der Waals surface area contributed by atoms with E-state index in [1.54, 1.807) is 30.5 Å². The summed E-state index contributed by atoms with van der Waals surface area (Å²) in [4.78, 5) is 0. The van der Waals surface area contributed by atoms with Crippen LogP contribution in [0, 0.1) is 18.3 Å². The van der Waals surface area contributed by atoms with Crippen molar-refractivity contribution in [3.63, 3.8) is 0 Å². The Hall–Kier alpha value is -1.29. The summed E-state index contributed by atoms with van der Waals surface area (Å²) in [6, 6.07) is 5.41. The molecule has 0 saturated carbocycles. The monoisotopic (exact) mass is 340 g/mol. The maximum Gasteiger partial charge on any atom is 0.163 e. The molecular weight excluding hydrogens is 327 g/mol. The molecule has 1 aromatic heterocycles. The molecule has 0 aliphatic carbocycles. The smallest absolute Gasteiger partial charge is 0.163 e. The number of hydrogen-bond donors (Lipinski definition) is 2. The van der Waals surface area contributed by atoms with Crippen LogP contribution in [0.2, 0.25) is 10.0 Å². The number of halogens is 2. The Morgan fingerprint density at radius 2 is 1.86 bits per heavy atom. The largest absolute Gasteiger partial charge is 0.388 e. The van der Waals surface area contributed by atoms with Crippen LogP contribution in [0.3, 0.4) is 0 Å². The van der Waals surface area contributed by atoms with Crippen LogP contribution < -0.4 is 0 Å². The molecule has 1 saturated heterocycles. The van der Waals surface area contributed by atoms with Crippen LogP contribution in [0.4, 0.5) is 0 Å². The quantitative estimate of drug-likeness (QED) is 0.836. The summed E-state index contributed by atoms with van der Waals surface area (Å²) in [5.41, 5.74) is 1.70. The molecule has 1 fully saturated rings. The fourth-order valence-corrected chi connectivity index (χ4v) is 3.26. The highest BCUT2D eigenvalue weighted by molar-refractivity contribution is 6.42. The summed E-state index contributed by atoms with van der Waals surface area (Å²) < 4.78 is 7.35. The van der Waals surface area contributed by atoms with Gasteiger partial charge in [-0.05, 0) is 26.0 Å². The molecule has 4 unspecified atom stereocenters. The first-order valence-corrected chi connectivity index (χ1v) is 7.53. The Morgan fingerprint density at radius 1 is 1.23 bits per heavy atom. The number of aromatic nitrogens is 1. The molecule has 4 atom stereocenters. The van der Waals surface area contributed by atoms with Crippen molar-refractivity contribution in [1.29, 1.82) is 5.26 Å². The zero-order valence-corrected chi connectivity index (χ0v) is 13.4. The standard InChI is InChI=1S/C15H14Cl2N2O3/c1-6-9(5-18)8-3-10(16)11(17)4-12(8)19(6)15-14(21)13(20)7(2)22-15/h3-4,7,13-15,20-21H,1-2H3. The maximum atomic E-state index is 10.2. The van der Waals surface area contributed by atoms with Crippen LogP contribution in [0.25, 0.3) is 10.9 Å². The van der Waals surface area contributed by atoms with Crippen LogP contribution >= 0.6 is 23.2 Å². The molecule has 1 aliphatic rings. The molecule has 7 heteroatoms. The van der Waals surface area contributed by atoms with Gasteiger partial charge in [0.1, 0.15) is 18.3 Å². The third kappa shape index (κ3) is 2.11. The van der Waals surface area contributed by atoms with Crippen molar-refractivity contribution in [1.82, 2.24) is 4.57 Å². The fraction of sp³-hybridized carbons (Fsp3) is 0.400. The van der Waals surface area contributed by atoms with E-state index in [4.69, 9.17) is 27.9 Å². The van der Waals surface area contributed by atoms with Gasteiger partial charge in [-0.1, -0.05) is 23.2 Å². The molecule has 116 valence electrons. The number of fused-ring (bicyclic) bond motifs is 1. The number of benzene rings is 1. The number of ether oxygens (including phenoxy) is 1. The number of hydrogen-bond acceptors (Lipinski definition) is 4. The van der Waals surface area contributed by atoms with Gasteiger partial charge in [0.2, 0.25) is 0 Å². The van der Waals surface area contributed by atoms with Crippen LogP contribution in [-0.4, -0.2) is 33.1 Å². The average Bonchev–Trinajstić information content (AvgIpc) is 2.87. The summed E-state index contributed by atoms with van der Waals surface area (Å²) in [7, 11) is 0. The van der Waals surface area contributed by atoms with Crippen molar-refractivity contribution in [2.75, 3.05) is 0 Å². The molecule has 2 aromatic rings. The molecule has 3 rings (SSSR count). The second-order valence-electron chi connectivity index (χ2n) is 5.44. The van der Waals surface area contributed by atoms with Gasteiger partial charge in [-0.25, -0.2) is 0 Å². The summed E-state index contributed by atoms with van der Waals surface area (Å²) in [5, 5.41) is 30.9. The van der Waals surface area contributed by atoms with Crippen molar-refractivity contribution in [2.24, 2.45) is 0 Å². The molecule has 22 heavy (non-hydrogen) atoms. The van der Waals surface area contributed by atoms with E-state index in [9.17, 15) is 15.5 Å². The van der Waals surface area contributed by atoms with Gasteiger partial charge in [0, 0.05) is 11.1 Å². The third-order valence-electron chi connectivity index (χ3n) is 4.13. The highest BCUT2D eigenvalue weighted by Gasteiger charge is 2.42. The minimum atomic E-state index is -1.09. The van der Waals surface area contributed by atoms with Crippen molar-refractivity contribution < 1.29 is 14.9 Å². The number of aliphatic hydroxyl groups is 2. The van der Waals surface area contributed by atoms with E-state index in [1.807, 2.05) is 0 Å². The van der Waals surface area contributed by atoms with Gasteiger partial charge >= 0.3 is 0 Å². The lowest BCUT2D eigenvalue weighted by Crippen LogP contribution is -2.30. The molecule has 5 nitrogen and oxygen atoms in total. The molecule has 0 amide bonds. The van der Waals surface area contributed by atoms with Crippen molar-refractivity contribution >= 4 is 34.1 Å². The van der Waals surface area contributed by atoms with E-state index in [2.05, 4.69) is 6.07 Å². The SMILES string of the molecule is Cc1c(C#N)c2cc(Cl)c(Cl)cc2n1C1OC(C)C(O)C1O. The summed E-state index contributed by atoms with van der Waals surface area (Å²) in [6.07, 6.45) is -3.38. The van der Waals surface area contributed by atoms with Crippen molar-refractivity contribution in [2.45, 2.75) is 38.4 Å². The average molecular weight is 341 g/mol. The van der Waals surface area contributed by atoms with Crippen molar-refractivity contribution in [3.05, 3.63) is 33.4 Å². The summed E-state index contributed by atoms with van der Waals surface area (Å²) >= 11 is 12.1. The lowest BCUT2D eigenvalue weighted by Gasteiger charge is -2.20.